The van der Waals surface area contributed by atoms with Crippen molar-refractivity contribution < 1.29 is 14.0 Å². The van der Waals surface area contributed by atoms with Crippen LogP contribution < -0.4 is 10.2 Å². The standard InChI is InChI=1S/C32H31FN6O2/c1-22-12-14-23(15-13-22)31(32(41)34-25-16-18-26(19-17-25)37(2)3)38(20-24-8-4-5-9-27(24)33)30(40)21-39-29-11-7-6-10-28(29)35-36-39/h4-19,31H,20-21H2,1-3H3,(H,34,41)/t31-/m0/s1. The number of halogens is 1. The fraction of sp³-hybridized carbons (Fsp3) is 0.188. The van der Waals surface area contributed by atoms with Crippen molar-refractivity contribution in [2.75, 3.05) is 24.3 Å². The number of carbonyl (C=O) groups is 2. The number of anilines is 2. The van der Waals surface area contributed by atoms with Gasteiger partial charge >= 0.3 is 0 Å². The van der Waals surface area contributed by atoms with Crippen molar-refractivity contribution >= 4 is 34.2 Å². The fourth-order valence-corrected chi connectivity index (χ4v) is 4.66. The lowest BCUT2D eigenvalue weighted by molar-refractivity contribution is -0.140. The summed E-state index contributed by atoms with van der Waals surface area (Å²) in [5.74, 6) is -1.29. The minimum atomic E-state index is -1.05. The van der Waals surface area contributed by atoms with E-state index in [0.717, 1.165) is 11.3 Å². The molecule has 0 fully saturated rings. The summed E-state index contributed by atoms with van der Waals surface area (Å²) in [6.07, 6.45) is 0. The summed E-state index contributed by atoms with van der Waals surface area (Å²) in [5.41, 5.74) is 4.80. The van der Waals surface area contributed by atoms with Gasteiger partial charge in [0.1, 0.15) is 23.9 Å². The number of hydrogen-bond donors (Lipinski definition) is 1. The van der Waals surface area contributed by atoms with Crippen molar-refractivity contribution in [3.8, 4) is 0 Å². The summed E-state index contributed by atoms with van der Waals surface area (Å²) in [5, 5.41) is 11.3. The van der Waals surface area contributed by atoms with Gasteiger partial charge in [-0.3, -0.25) is 9.59 Å². The van der Waals surface area contributed by atoms with Crippen molar-refractivity contribution in [1.82, 2.24) is 19.9 Å². The molecule has 4 aromatic carbocycles. The monoisotopic (exact) mass is 550 g/mol. The molecule has 0 spiro atoms. The highest BCUT2D eigenvalue weighted by Crippen LogP contribution is 2.28. The third-order valence-corrected chi connectivity index (χ3v) is 6.93. The molecule has 9 heteroatoms. The van der Waals surface area contributed by atoms with Crippen molar-refractivity contribution in [1.29, 1.82) is 0 Å². The maximum absolute atomic E-state index is 14.9. The molecule has 8 nitrogen and oxygen atoms in total. The van der Waals surface area contributed by atoms with Crippen LogP contribution in [0.15, 0.2) is 97.1 Å². The fourth-order valence-electron chi connectivity index (χ4n) is 4.66. The minimum Gasteiger partial charge on any atom is -0.378 e. The molecule has 1 heterocycles. The maximum Gasteiger partial charge on any atom is 0.251 e. The van der Waals surface area contributed by atoms with E-state index in [1.807, 2.05) is 98.7 Å². The summed E-state index contributed by atoms with van der Waals surface area (Å²) in [6, 6.07) is 27.4. The zero-order chi connectivity index (χ0) is 28.9. The van der Waals surface area contributed by atoms with E-state index in [1.54, 1.807) is 18.2 Å². The van der Waals surface area contributed by atoms with Gasteiger partial charge in [-0.05, 0) is 55.0 Å². The summed E-state index contributed by atoms with van der Waals surface area (Å²) in [6.45, 7) is 1.65. The highest BCUT2D eigenvalue weighted by Gasteiger charge is 2.33. The number of fused-ring (bicyclic) bond motifs is 1. The van der Waals surface area contributed by atoms with Crippen LogP contribution in [0.25, 0.3) is 11.0 Å². The van der Waals surface area contributed by atoms with Gasteiger partial charge < -0.3 is 15.1 Å². The van der Waals surface area contributed by atoms with E-state index in [1.165, 1.54) is 15.6 Å². The number of nitrogens with one attached hydrogen (secondary N) is 1. The van der Waals surface area contributed by atoms with Crippen LogP contribution in [0.2, 0.25) is 0 Å². The third-order valence-electron chi connectivity index (χ3n) is 6.93. The highest BCUT2D eigenvalue weighted by molar-refractivity contribution is 5.98. The lowest BCUT2D eigenvalue weighted by atomic mass is 10.0. The number of aryl methyl sites for hydroxylation is 1. The van der Waals surface area contributed by atoms with Crippen LogP contribution >= 0.6 is 0 Å². The van der Waals surface area contributed by atoms with E-state index in [0.29, 0.717) is 27.8 Å². The molecule has 1 N–H and O–H groups in total. The first-order chi connectivity index (χ1) is 19.8. The molecule has 0 aliphatic carbocycles. The largest absolute Gasteiger partial charge is 0.378 e. The molecule has 5 rings (SSSR count). The Morgan fingerprint density at radius 3 is 2.29 bits per heavy atom. The Morgan fingerprint density at radius 2 is 1.59 bits per heavy atom. The van der Waals surface area contributed by atoms with Gasteiger partial charge in [0, 0.05) is 37.6 Å². The predicted octanol–water partition coefficient (Wildman–Crippen LogP) is 5.35. The second-order valence-corrected chi connectivity index (χ2v) is 10.1. The van der Waals surface area contributed by atoms with E-state index in [9.17, 15) is 14.0 Å². The van der Waals surface area contributed by atoms with Gasteiger partial charge in [0.2, 0.25) is 5.91 Å². The predicted molar refractivity (Wildman–Crippen MR) is 158 cm³/mol. The molecular formula is C32H31FN6O2. The van der Waals surface area contributed by atoms with Crippen molar-refractivity contribution in [2.24, 2.45) is 0 Å². The molecule has 0 saturated carbocycles. The Balaban J connectivity index is 1.54. The SMILES string of the molecule is Cc1ccc([C@@H](C(=O)Nc2ccc(N(C)C)cc2)N(Cc2ccccc2F)C(=O)Cn2nnc3ccccc32)cc1. The summed E-state index contributed by atoms with van der Waals surface area (Å²) in [7, 11) is 3.87. The topological polar surface area (TPSA) is 83.4 Å². The first kappa shape index (κ1) is 27.5. The molecule has 1 atom stereocenters. The third kappa shape index (κ3) is 6.24. The molecule has 0 saturated heterocycles. The van der Waals surface area contributed by atoms with Gasteiger partial charge in [-0.25, -0.2) is 9.07 Å². The number of carbonyl (C=O) groups excluding carboxylic acids is 2. The highest BCUT2D eigenvalue weighted by atomic mass is 19.1. The van der Waals surface area contributed by atoms with Crippen LogP contribution in [-0.2, 0) is 22.7 Å². The molecule has 1 aromatic heterocycles. The van der Waals surface area contributed by atoms with E-state index < -0.39 is 23.7 Å². The van der Waals surface area contributed by atoms with Gasteiger partial charge in [-0.2, -0.15) is 0 Å². The van der Waals surface area contributed by atoms with Crippen LogP contribution in [0.3, 0.4) is 0 Å². The average Bonchev–Trinajstić information content (AvgIpc) is 3.37. The van der Waals surface area contributed by atoms with Gasteiger partial charge in [0.05, 0.1) is 5.52 Å². The van der Waals surface area contributed by atoms with Crippen LogP contribution in [-0.4, -0.2) is 45.8 Å². The second-order valence-electron chi connectivity index (χ2n) is 10.1. The molecule has 0 aliphatic heterocycles. The number of hydrogen-bond acceptors (Lipinski definition) is 5. The molecule has 0 bridgehead atoms. The molecule has 0 aliphatic rings. The number of benzene rings is 4. The second kappa shape index (κ2) is 12.0. The van der Waals surface area contributed by atoms with E-state index >= 15 is 0 Å². The molecule has 0 unspecified atom stereocenters. The Kier molecular flexibility index (Phi) is 8.05. The molecule has 5 aromatic rings. The molecular weight excluding hydrogens is 519 g/mol. The minimum absolute atomic E-state index is 0.121. The zero-order valence-electron chi connectivity index (χ0n) is 23.2. The lowest BCUT2D eigenvalue weighted by Gasteiger charge is -2.32. The smallest absolute Gasteiger partial charge is 0.251 e. The van der Waals surface area contributed by atoms with Crippen LogP contribution in [0, 0.1) is 12.7 Å². The summed E-state index contributed by atoms with van der Waals surface area (Å²) < 4.78 is 16.4. The Labute approximate surface area is 238 Å². The van der Waals surface area contributed by atoms with E-state index in [2.05, 4.69) is 15.6 Å². The molecule has 2 amide bonds. The number of nitrogens with zero attached hydrogens (tertiary/aromatic N) is 5. The number of rotatable bonds is 9. The van der Waals surface area contributed by atoms with Gasteiger partial charge in [0.15, 0.2) is 0 Å². The zero-order valence-corrected chi connectivity index (χ0v) is 23.2. The Bertz CT molecular complexity index is 1660. The van der Waals surface area contributed by atoms with E-state index in [4.69, 9.17) is 0 Å². The van der Waals surface area contributed by atoms with Crippen LogP contribution in [0.4, 0.5) is 15.8 Å². The van der Waals surface area contributed by atoms with Gasteiger partial charge in [0.25, 0.3) is 5.91 Å². The Morgan fingerprint density at radius 1 is 0.902 bits per heavy atom. The van der Waals surface area contributed by atoms with Crippen LogP contribution in [0.1, 0.15) is 22.7 Å². The van der Waals surface area contributed by atoms with Crippen molar-refractivity contribution in [2.45, 2.75) is 26.1 Å². The number of aromatic nitrogens is 3. The quantitative estimate of drug-likeness (QED) is 0.267. The van der Waals surface area contributed by atoms with E-state index in [-0.39, 0.29) is 13.1 Å². The summed E-state index contributed by atoms with van der Waals surface area (Å²) >= 11 is 0. The van der Waals surface area contributed by atoms with Gasteiger partial charge in [-0.1, -0.05) is 65.4 Å². The van der Waals surface area contributed by atoms with Crippen molar-refractivity contribution in [3.63, 3.8) is 0 Å². The van der Waals surface area contributed by atoms with Gasteiger partial charge in [-0.15, -0.1) is 5.10 Å². The molecule has 41 heavy (non-hydrogen) atoms. The average molecular weight is 551 g/mol. The molecule has 0 radical (unpaired) electrons. The normalized spacial score (nSPS) is 11.7. The number of para-hydroxylation sites is 1. The number of amides is 2. The maximum atomic E-state index is 14.9. The van der Waals surface area contributed by atoms with Crippen molar-refractivity contribution in [3.05, 3.63) is 120 Å². The molecule has 208 valence electrons. The Hall–Kier alpha value is -5.05. The first-order valence-corrected chi connectivity index (χ1v) is 13.3. The first-order valence-electron chi connectivity index (χ1n) is 13.3. The van der Waals surface area contributed by atoms with Crippen LogP contribution in [0.5, 0.6) is 0 Å². The lowest BCUT2D eigenvalue weighted by Crippen LogP contribution is -2.42. The summed E-state index contributed by atoms with van der Waals surface area (Å²) in [4.78, 5) is 31.4.